The van der Waals surface area contributed by atoms with Crippen molar-refractivity contribution in [1.82, 2.24) is 0 Å². The molecule has 0 radical (unpaired) electrons. The fraction of sp³-hybridized carbons (Fsp3) is 0. The van der Waals surface area contributed by atoms with E-state index >= 15 is 0 Å². The Kier molecular flexibility index (Phi) is 5.86. The van der Waals surface area contributed by atoms with Crippen molar-refractivity contribution in [2.75, 3.05) is 0 Å². The van der Waals surface area contributed by atoms with Crippen molar-refractivity contribution in [2.45, 2.75) is 0 Å². The molecule has 0 saturated heterocycles. The van der Waals surface area contributed by atoms with Crippen molar-refractivity contribution in [3.05, 3.63) is 77.9 Å². The van der Waals surface area contributed by atoms with Crippen LogP contribution in [0.4, 0.5) is 0 Å². The van der Waals surface area contributed by atoms with Gasteiger partial charge in [-0.25, -0.2) is 0 Å². The molecule has 0 atom stereocenters. The molecule has 0 aromatic heterocycles. The molecule has 2 aromatic carbocycles. The number of carbonyl (C=O) groups excluding carboxylic acids is 1. The molecule has 0 aliphatic carbocycles. The topological polar surface area (TPSA) is 43.1 Å². The molecule has 0 saturated carbocycles. The molecule has 2 N–H and O–H groups in total. The first-order valence-electron chi connectivity index (χ1n) is 5.39. The number of allylic oxidation sites excluding steroid dienone is 1. The van der Waals surface area contributed by atoms with Gasteiger partial charge in [0.1, 0.15) is 0 Å². The van der Waals surface area contributed by atoms with Gasteiger partial charge in [-0.2, -0.15) is 0 Å². The number of hydrogen-bond donors (Lipinski definition) is 1. The fourth-order valence-electron chi connectivity index (χ4n) is 1.54. The van der Waals surface area contributed by atoms with E-state index in [1.165, 1.54) is 6.08 Å². The number of benzene rings is 2. The van der Waals surface area contributed by atoms with Crippen molar-refractivity contribution in [1.29, 1.82) is 0 Å². The van der Waals surface area contributed by atoms with E-state index in [0.29, 0.717) is 11.3 Å². The Morgan fingerprint density at radius 2 is 1.28 bits per heavy atom. The van der Waals surface area contributed by atoms with Gasteiger partial charge in [0.15, 0.2) is 5.78 Å². The Morgan fingerprint density at radius 1 is 0.833 bits per heavy atom. The van der Waals surface area contributed by atoms with E-state index in [-0.39, 0.29) is 35.3 Å². The van der Waals surface area contributed by atoms with Crippen LogP contribution in [-0.2, 0) is 0 Å². The molecule has 2 rings (SSSR count). The second-order valence-corrected chi connectivity index (χ2v) is 3.70. The molecule has 0 bridgehead atoms. The SMILES string of the molecule is NC(=CC(=O)c1ccccc1)c1ccccc1.[NaH]. The van der Waals surface area contributed by atoms with Gasteiger partial charge in [0.2, 0.25) is 0 Å². The van der Waals surface area contributed by atoms with Gasteiger partial charge in [0, 0.05) is 17.3 Å². The van der Waals surface area contributed by atoms with Crippen LogP contribution < -0.4 is 5.73 Å². The summed E-state index contributed by atoms with van der Waals surface area (Å²) >= 11 is 0. The van der Waals surface area contributed by atoms with E-state index in [1.54, 1.807) is 12.1 Å². The minimum atomic E-state index is -0.0769. The first-order valence-corrected chi connectivity index (χ1v) is 5.39. The van der Waals surface area contributed by atoms with Gasteiger partial charge < -0.3 is 5.73 Å². The van der Waals surface area contributed by atoms with Crippen LogP contribution >= 0.6 is 0 Å². The van der Waals surface area contributed by atoms with E-state index < -0.39 is 0 Å². The Morgan fingerprint density at radius 3 is 1.78 bits per heavy atom. The maximum absolute atomic E-state index is 11.9. The molecule has 0 aliphatic rings. The van der Waals surface area contributed by atoms with Crippen LogP contribution in [-0.4, -0.2) is 35.3 Å². The van der Waals surface area contributed by atoms with E-state index in [2.05, 4.69) is 0 Å². The van der Waals surface area contributed by atoms with Crippen LogP contribution in [0.5, 0.6) is 0 Å². The summed E-state index contributed by atoms with van der Waals surface area (Å²) in [5, 5.41) is 0. The molecule has 0 fully saturated rings. The summed E-state index contributed by atoms with van der Waals surface area (Å²) in [6.45, 7) is 0. The first kappa shape index (κ1) is 14.7. The number of hydrogen-bond acceptors (Lipinski definition) is 2. The quantitative estimate of drug-likeness (QED) is 0.513. The average Bonchev–Trinajstić information content (AvgIpc) is 2.40. The second kappa shape index (κ2) is 7.17. The molecule has 0 unspecified atom stereocenters. The van der Waals surface area contributed by atoms with E-state index in [1.807, 2.05) is 48.5 Å². The molecule has 3 heteroatoms. The predicted molar refractivity (Wildman–Crippen MR) is 76.5 cm³/mol. The fourth-order valence-corrected chi connectivity index (χ4v) is 1.54. The van der Waals surface area contributed by atoms with Crippen molar-refractivity contribution < 1.29 is 4.79 Å². The van der Waals surface area contributed by atoms with Gasteiger partial charge in [-0.1, -0.05) is 60.7 Å². The van der Waals surface area contributed by atoms with E-state index in [4.69, 9.17) is 5.73 Å². The molecule has 18 heavy (non-hydrogen) atoms. The van der Waals surface area contributed by atoms with Crippen LogP contribution in [0.2, 0.25) is 0 Å². The van der Waals surface area contributed by atoms with Gasteiger partial charge in [-0.15, -0.1) is 0 Å². The summed E-state index contributed by atoms with van der Waals surface area (Å²) in [5.74, 6) is -0.0769. The number of ketones is 1. The minimum absolute atomic E-state index is 0. The van der Waals surface area contributed by atoms with Crippen molar-refractivity contribution in [3.8, 4) is 0 Å². The van der Waals surface area contributed by atoms with Crippen molar-refractivity contribution in [3.63, 3.8) is 0 Å². The summed E-state index contributed by atoms with van der Waals surface area (Å²) < 4.78 is 0. The third kappa shape index (κ3) is 3.84. The Balaban J connectivity index is 0.00000162. The molecule has 0 spiro atoms. The van der Waals surface area contributed by atoms with E-state index in [9.17, 15) is 4.79 Å². The first-order chi connectivity index (χ1) is 8.27. The summed E-state index contributed by atoms with van der Waals surface area (Å²) in [6.07, 6.45) is 1.46. The van der Waals surface area contributed by atoms with Crippen LogP contribution in [0.25, 0.3) is 5.70 Å². The standard InChI is InChI=1S/C15H13NO.Na.H/c16-14(12-7-3-1-4-8-12)11-15(17)13-9-5-2-6-10-13;;/h1-11H,16H2;;. The van der Waals surface area contributed by atoms with Crippen molar-refractivity contribution in [2.24, 2.45) is 5.73 Å². The Bertz CT molecular complexity index is 535. The molecule has 0 aliphatic heterocycles. The summed E-state index contributed by atoms with van der Waals surface area (Å²) in [6, 6.07) is 18.5. The normalized spacial score (nSPS) is 10.6. The van der Waals surface area contributed by atoms with Gasteiger partial charge >= 0.3 is 29.6 Å². The van der Waals surface area contributed by atoms with Gasteiger partial charge in [-0.05, 0) is 5.56 Å². The van der Waals surface area contributed by atoms with Crippen molar-refractivity contribution >= 4 is 41.0 Å². The Hall–Kier alpha value is -1.35. The molecule has 2 aromatic rings. The zero-order valence-electron chi connectivity index (χ0n) is 9.34. The average molecular weight is 247 g/mol. The van der Waals surface area contributed by atoms with Crippen LogP contribution in [0, 0.1) is 0 Å². The zero-order valence-corrected chi connectivity index (χ0v) is 9.34. The summed E-state index contributed by atoms with van der Waals surface area (Å²) in [5.41, 5.74) is 7.86. The van der Waals surface area contributed by atoms with E-state index in [0.717, 1.165) is 5.56 Å². The zero-order chi connectivity index (χ0) is 12.1. The van der Waals surface area contributed by atoms with Crippen LogP contribution in [0.15, 0.2) is 66.7 Å². The molecular weight excluding hydrogens is 233 g/mol. The second-order valence-electron chi connectivity index (χ2n) is 3.70. The molecule has 0 amide bonds. The summed E-state index contributed by atoms with van der Waals surface area (Å²) in [7, 11) is 0. The monoisotopic (exact) mass is 247 g/mol. The molecule has 2 nitrogen and oxygen atoms in total. The van der Waals surface area contributed by atoms with Gasteiger partial charge in [-0.3, -0.25) is 4.79 Å². The third-order valence-electron chi connectivity index (χ3n) is 2.45. The third-order valence-corrected chi connectivity index (χ3v) is 2.45. The maximum atomic E-state index is 11.9. The summed E-state index contributed by atoms with van der Waals surface area (Å²) in [4.78, 5) is 11.9. The van der Waals surface area contributed by atoms with Gasteiger partial charge in [0.05, 0.1) is 0 Å². The van der Waals surface area contributed by atoms with Crippen LogP contribution in [0.1, 0.15) is 15.9 Å². The number of nitrogens with two attached hydrogens (primary N) is 1. The molecular formula is C15H14NNaO. The van der Waals surface area contributed by atoms with Crippen LogP contribution in [0.3, 0.4) is 0 Å². The van der Waals surface area contributed by atoms with Gasteiger partial charge in [0.25, 0.3) is 0 Å². The Labute approximate surface area is 129 Å². The molecule has 0 heterocycles. The molecule has 86 valence electrons. The number of carbonyl (C=O) groups is 1. The number of rotatable bonds is 3. The predicted octanol–water partition coefficient (Wildman–Crippen LogP) is 2.22.